The summed E-state index contributed by atoms with van der Waals surface area (Å²) in [6.07, 6.45) is 7.71. The minimum absolute atomic E-state index is 0.0922. The van der Waals surface area contributed by atoms with Gasteiger partial charge in [0.1, 0.15) is 5.75 Å². The SMILES string of the molecule is Cc1cc(OCCCC2CCN(c3ncc(Cl)cn3)CC2)cc(C)c1C(=O)NCC(C)(C)N. The Bertz CT molecular complexity index is 912. The molecule has 1 aliphatic heterocycles. The number of carbonyl (C=O) groups excluding carboxylic acids is 1. The molecule has 0 atom stereocenters. The third-order valence-corrected chi connectivity index (χ3v) is 6.16. The smallest absolute Gasteiger partial charge is 0.251 e. The van der Waals surface area contributed by atoms with E-state index in [0.717, 1.165) is 61.6 Å². The van der Waals surface area contributed by atoms with Crippen molar-refractivity contribution in [1.82, 2.24) is 15.3 Å². The van der Waals surface area contributed by atoms with Crippen molar-refractivity contribution in [2.45, 2.75) is 58.9 Å². The highest BCUT2D eigenvalue weighted by atomic mass is 35.5. The van der Waals surface area contributed by atoms with E-state index in [-0.39, 0.29) is 5.91 Å². The molecule has 1 aliphatic rings. The predicted molar refractivity (Wildman–Crippen MR) is 133 cm³/mol. The van der Waals surface area contributed by atoms with Crippen LogP contribution in [-0.2, 0) is 0 Å². The van der Waals surface area contributed by atoms with E-state index in [2.05, 4.69) is 20.2 Å². The monoisotopic (exact) mass is 473 g/mol. The summed E-state index contributed by atoms with van der Waals surface area (Å²) in [6.45, 7) is 10.7. The van der Waals surface area contributed by atoms with Gasteiger partial charge in [0, 0.05) is 30.7 Å². The number of aryl methyl sites for hydroxylation is 2. The highest BCUT2D eigenvalue weighted by Crippen LogP contribution is 2.26. The number of hydrogen-bond donors (Lipinski definition) is 2. The van der Waals surface area contributed by atoms with Gasteiger partial charge in [-0.3, -0.25) is 4.79 Å². The standard InChI is InChI=1S/C25H36ClN5O2/c1-17-12-21(13-18(2)22(17)23(32)30-16-25(3,4)27)33-11-5-6-19-7-9-31(10-8-19)24-28-14-20(26)15-29-24/h12-15,19H,5-11,16,27H2,1-4H3,(H,30,32). The van der Waals surface area contributed by atoms with Crippen LogP contribution in [0, 0.1) is 19.8 Å². The van der Waals surface area contributed by atoms with Gasteiger partial charge in [-0.15, -0.1) is 0 Å². The molecule has 180 valence electrons. The number of benzene rings is 1. The van der Waals surface area contributed by atoms with E-state index >= 15 is 0 Å². The molecule has 1 saturated heterocycles. The van der Waals surface area contributed by atoms with E-state index in [0.29, 0.717) is 29.7 Å². The number of halogens is 1. The van der Waals surface area contributed by atoms with Gasteiger partial charge in [0.15, 0.2) is 0 Å². The lowest BCUT2D eigenvalue weighted by atomic mass is 9.92. The number of aromatic nitrogens is 2. The number of piperidine rings is 1. The quantitative estimate of drug-likeness (QED) is 0.527. The number of rotatable bonds is 9. The maximum Gasteiger partial charge on any atom is 0.251 e. The molecule has 3 N–H and O–H groups in total. The van der Waals surface area contributed by atoms with E-state index in [1.807, 2.05) is 39.8 Å². The van der Waals surface area contributed by atoms with Gasteiger partial charge < -0.3 is 20.7 Å². The fourth-order valence-electron chi connectivity index (χ4n) is 4.21. The Morgan fingerprint density at radius 1 is 1.21 bits per heavy atom. The Kier molecular flexibility index (Phi) is 8.54. The van der Waals surface area contributed by atoms with Gasteiger partial charge in [0.2, 0.25) is 5.95 Å². The largest absolute Gasteiger partial charge is 0.494 e. The molecule has 1 aromatic carbocycles. The zero-order chi connectivity index (χ0) is 24.0. The average Bonchev–Trinajstić information content (AvgIpc) is 2.75. The number of carbonyl (C=O) groups is 1. The summed E-state index contributed by atoms with van der Waals surface area (Å²) in [5.74, 6) is 2.18. The summed E-state index contributed by atoms with van der Waals surface area (Å²) in [5.41, 5.74) is 8.05. The maximum absolute atomic E-state index is 12.6. The molecule has 0 unspecified atom stereocenters. The Balaban J connectivity index is 1.42. The first-order chi connectivity index (χ1) is 15.6. The van der Waals surface area contributed by atoms with Crippen molar-refractivity contribution in [3.05, 3.63) is 46.2 Å². The summed E-state index contributed by atoms with van der Waals surface area (Å²) in [4.78, 5) is 23.4. The number of nitrogens with zero attached hydrogens (tertiary/aromatic N) is 3. The summed E-state index contributed by atoms with van der Waals surface area (Å²) in [5, 5.41) is 3.49. The number of amides is 1. The average molecular weight is 474 g/mol. The molecule has 7 nitrogen and oxygen atoms in total. The molecular weight excluding hydrogens is 438 g/mol. The number of nitrogens with two attached hydrogens (primary N) is 1. The first-order valence-electron chi connectivity index (χ1n) is 11.7. The lowest BCUT2D eigenvalue weighted by Crippen LogP contribution is -2.45. The van der Waals surface area contributed by atoms with E-state index in [9.17, 15) is 4.79 Å². The summed E-state index contributed by atoms with van der Waals surface area (Å²) < 4.78 is 6.01. The van der Waals surface area contributed by atoms with Crippen LogP contribution >= 0.6 is 11.6 Å². The van der Waals surface area contributed by atoms with Crippen molar-refractivity contribution < 1.29 is 9.53 Å². The summed E-state index contributed by atoms with van der Waals surface area (Å²) in [7, 11) is 0. The van der Waals surface area contributed by atoms with E-state index in [1.165, 1.54) is 0 Å². The second-order valence-corrected chi connectivity index (χ2v) is 10.2. The van der Waals surface area contributed by atoms with Crippen LogP contribution in [0.1, 0.15) is 61.0 Å². The number of hydrogen-bond acceptors (Lipinski definition) is 6. The lowest BCUT2D eigenvalue weighted by Gasteiger charge is -2.32. The molecule has 1 fully saturated rings. The molecule has 0 aliphatic carbocycles. The van der Waals surface area contributed by atoms with Gasteiger partial charge >= 0.3 is 0 Å². The van der Waals surface area contributed by atoms with Gasteiger partial charge in [-0.1, -0.05) is 11.6 Å². The molecule has 1 amide bonds. The predicted octanol–water partition coefficient (Wildman–Crippen LogP) is 4.29. The molecule has 0 spiro atoms. The Morgan fingerprint density at radius 3 is 2.39 bits per heavy atom. The van der Waals surface area contributed by atoms with Crippen LogP contribution in [0.3, 0.4) is 0 Å². The molecule has 0 bridgehead atoms. The van der Waals surface area contributed by atoms with E-state index in [1.54, 1.807) is 12.4 Å². The van der Waals surface area contributed by atoms with Crippen molar-refractivity contribution in [3.8, 4) is 5.75 Å². The minimum atomic E-state index is -0.444. The van der Waals surface area contributed by atoms with Crippen LogP contribution in [0.15, 0.2) is 24.5 Å². The Labute approximate surface area is 202 Å². The van der Waals surface area contributed by atoms with Crippen molar-refractivity contribution in [1.29, 1.82) is 0 Å². The molecule has 3 rings (SSSR count). The van der Waals surface area contributed by atoms with Gasteiger partial charge in [0.05, 0.1) is 24.0 Å². The zero-order valence-electron chi connectivity index (χ0n) is 20.2. The second-order valence-electron chi connectivity index (χ2n) is 9.73. The summed E-state index contributed by atoms with van der Waals surface area (Å²) in [6, 6.07) is 3.89. The number of nitrogens with one attached hydrogen (secondary N) is 1. The van der Waals surface area contributed by atoms with Crippen LogP contribution in [-0.4, -0.2) is 47.7 Å². The van der Waals surface area contributed by atoms with Crippen molar-refractivity contribution in [2.24, 2.45) is 11.7 Å². The van der Waals surface area contributed by atoms with Crippen molar-refractivity contribution in [2.75, 3.05) is 31.1 Å². The third-order valence-electron chi connectivity index (χ3n) is 5.97. The fourth-order valence-corrected chi connectivity index (χ4v) is 4.31. The van der Waals surface area contributed by atoms with Gasteiger partial charge in [-0.05, 0) is 82.6 Å². The normalized spacial score (nSPS) is 14.9. The highest BCUT2D eigenvalue weighted by Gasteiger charge is 2.21. The third kappa shape index (κ3) is 7.57. The van der Waals surface area contributed by atoms with Gasteiger partial charge in [-0.25, -0.2) is 9.97 Å². The van der Waals surface area contributed by atoms with Crippen LogP contribution < -0.4 is 20.7 Å². The maximum atomic E-state index is 12.6. The first-order valence-corrected chi connectivity index (χ1v) is 12.0. The number of ether oxygens (including phenoxy) is 1. The van der Waals surface area contributed by atoms with Crippen LogP contribution in [0.2, 0.25) is 5.02 Å². The van der Waals surface area contributed by atoms with Gasteiger partial charge in [0.25, 0.3) is 5.91 Å². The van der Waals surface area contributed by atoms with Crippen LogP contribution in [0.25, 0.3) is 0 Å². The van der Waals surface area contributed by atoms with Gasteiger partial charge in [-0.2, -0.15) is 0 Å². The van der Waals surface area contributed by atoms with Crippen molar-refractivity contribution in [3.63, 3.8) is 0 Å². The lowest BCUT2D eigenvalue weighted by molar-refractivity contribution is 0.0944. The number of anilines is 1. The van der Waals surface area contributed by atoms with E-state index in [4.69, 9.17) is 22.1 Å². The summed E-state index contributed by atoms with van der Waals surface area (Å²) >= 11 is 5.88. The molecule has 1 aromatic heterocycles. The first kappa shape index (κ1) is 25.2. The molecule has 2 aromatic rings. The second kappa shape index (κ2) is 11.2. The van der Waals surface area contributed by atoms with Crippen LogP contribution in [0.5, 0.6) is 5.75 Å². The molecule has 33 heavy (non-hydrogen) atoms. The van der Waals surface area contributed by atoms with Crippen LogP contribution in [0.4, 0.5) is 5.95 Å². The Hall–Kier alpha value is -2.38. The molecular formula is C25H36ClN5O2. The zero-order valence-corrected chi connectivity index (χ0v) is 20.9. The fraction of sp³-hybridized carbons (Fsp3) is 0.560. The van der Waals surface area contributed by atoms with E-state index < -0.39 is 5.54 Å². The van der Waals surface area contributed by atoms with Crippen molar-refractivity contribution >= 4 is 23.5 Å². The molecule has 2 heterocycles. The molecule has 0 radical (unpaired) electrons. The topological polar surface area (TPSA) is 93.4 Å². The molecule has 8 heteroatoms. The highest BCUT2D eigenvalue weighted by molar-refractivity contribution is 6.30. The Morgan fingerprint density at radius 2 is 1.82 bits per heavy atom. The molecule has 0 saturated carbocycles. The minimum Gasteiger partial charge on any atom is -0.494 e.